The van der Waals surface area contributed by atoms with Crippen LogP contribution >= 0.6 is 0 Å². The Labute approximate surface area is 137 Å². The molecule has 3 aromatic rings. The molecule has 6 nitrogen and oxygen atoms in total. The zero-order valence-corrected chi connectivity index (χ0v) is 12.7. The minimum absolute atomic E-state index is 0.0533. The number of amides is 1. The second-order valence-electron chi connectivity index (χ2n) is 4.97. The van der Waals surface area contributed by atoms with E-state index >= 15 is 0 Å². The maximum Gasteiger partial charge on any atom is 0.258 e. The number of carbonyl (C=O) groups is 1. The lowest BCUT2D eigenvalue weighted by molar-refractivity contribution is -0.123. The standard InChI is InChI=1S/C17H15FN4O2/c18-14-4-1-2-5-15(14)24-12-17(23)20-11-13-6-8-19-16(10-13)22-9-3-7-21-22/h1-10H,11-12H2,(H,20,23). The Balaban J connectivity index is 1.53. The van der Waals surface area contributed by atoms with Crippen LogP contribution in [0.4, 0.5) is 4.39 Å². The lowest BCUT2D eigenvalue weighted by Crippen LogP contribution is -2.28. The Morgan fingerprint density at radius 3 is 2.88 bits per heavy atom. The summed E-state index contributed by atoms with van der Waals surface area (Å²) in [7, 11) is 0. The highest BCUT2D eigenvalue weighted by atomic mass is 19.1. The third-order valence-electron chi connectivity index (χ3n) is 3.23. The van der Waals surface area contributed by atoms with Gasteiger partial charge in [-0.25, -0.2) is 14.1 Å². The monoisotopic (exact) mass is 326 g/mol. The van der Waals surface area contributed by atoms with Gasteiger partial charge in [-0.1, -0.05) is 12.1 Å². The van der Waals surface area contributed by atoms with Crippen LogP contribution in [0.3, 0.4) is 0 Å². The molecule has 0 radical (unpaired) electrons. The number of halogens is 1. The molecule has 1 amide bonds. The number of carbonyl (C=O) groups excluding carboxylic acids is 1. The molecule has 7 heteroatoms. The number of nitrogens with zero attached hydrogens (tertiary/aromatic N) is 3. The molecular weight excluding hydrogens is 311 g/mol. The number of nitrogens with one attached hydrogen (secondary N) is 1. The third-order valence-corrected chi connectivity index (χ3v) is 3.23. The van der Waals surface area contributed by atoms with Gasteiger partial charge in [0.05, 0.1) is 0 Å². The van der Waals surface area contributed by atoms with Gasteiger partial charge < -0.3 is 10.1 Å². The fraction of sp³-hybridized carbons (Fsp3) is 0.118. The molecule has 24 heavy (non-hydrogen) atoms. The summed E-state index contributed by atoms with van der Waals surface area (Å²) >= 11 is 0. The zero-order valence-electron chi connectivity index (χ0n) is 12.7. The quantitative estimate of drug-likeness (QED) is 0.753. The van der Waals surface area contributed by atoms with E-state index in [1.807, 2.05) is 6.07 Å². The molecule has 0 spiro atoms. The second kappa shape index (κ2) is 7.36. The van der Waals surface area contributed by atoms with Gasteiger partial charge in [0, 0.05) is 25.1 Å². The summed E-state index contributed by atoms with van der Waals surface area (Å²) in [5.41, 5.74) is 0.870. The molecule has 2 heterocycles. The average molecular weight is 326 g/mol. The second-order valence-corrected chi connectivity index (χ2v) is 4.97. The Morgan fingerprint density at radius 2 is 2.08 bits per heavy atom. The summed E-state index contributed by atoms with van der Waals surface area (Å²) in [5, 5.41) is 6.82. The zero-order chi connectivity index (χ0) is 16.8. The molecule has 1 N–H and O–H groups in total. The topological polar surface area (TPSA) is 69.0 Å². The van der Waals surface area contributed by atoms with Crippen molar-refractivity contribution in [2.24, 2.45) is 0 Å². The number of aromatic nitrogens is 3. The summed E-state index contributed by atoms with van der Waals surface area (Å²) in [6.07, 6.45) is 5.09. The van der Waals surface area contributed by atoms with Gasteiger partial charge in [-0.05, 0) is 35.9 Å². The lowest BCUT2D eigenvalue weighted by Gasteiger charge is -2.09. The first-order valence-corrected chi connectivity index (χ1v) is 7.31. The van der Waals surface area contributed by atoms with Crippen LogP contribution in [0, 0.1) is 5.82 Å². The van der Waals surface area contributed by atoms with Crippen molar-refractivity contribution in [2.75, 3.05) is 6.61 Å². The molecule has 2 aromatic heterocycles. The van der Waals surface area contributed by atoms with Crippen molar-refractivity contribution in [1.82, 2.24) is 20.1 Å². The van der Waals surface area contributed by atoms with E-state index in [2.05, 4.69) is 15.4 Å². The number of para-hydroxylation sites is 1. The minimum atomic E-state index is -0.497. The van der Waals surface area contributed by atoms with Crippen molar-refractivity contribution >= 4 is 5.91 Å². The number of hydrogen-bond acceptors (Lipinski definition) is 4. The van der Waals surface area contributed by atoms with Gasteiger partial charge in [-0.15, -0.1) is 0 Å². The molecule has 0 aliphatic carbocycles. The number of benzene rings is 1. The normalized spacial score (nSPS) is 10.4. The first kappa shape index (κ1) is 15.7. The lowest BCUT2D eigenvalue weighted by atomic mass is 10.2. The summed E-state index contributed by atoms with van der Waals surface area (Å²) in [4.78, 5) is 16.0. The van der Waals surface area contributed by atoms with Crippen molar-refractivity contribution < 1.29 is 13.9 Å². The fourth-order valence-corrected chi connectivity index (χ4v) is 2.06. The van der Waals surface area contributed by atoms with Crippen molar-refractivity contribution in [2.45, 2.75) is 6.54 Å². The van der Waals surface area contributed by atoms with Gasteiger partial charge in [-0.3, -0.25) is 4.79 Å². The molecule has 0 fully saturated rings. The van der Waals surface area contributed by atoms with Crippen molar-refractivity contribution in [3.8, 4) is 11.6 Å². The largest absolute Gasteiger partial charge is 0.481 e. The Bertz CT molecular complexity index is 821. The molecule has 0 saturated heterocycles. The fourth-order valence-electron chi connectivity index (χ4n) is 2.06. The minimum Gasteiger partial charge on any atom is -0.481 e. The summed E-state index contributed by atoms with van der Waals surface area (Å²) < 4.78 is 20.2. The average Bonchev–Trinajstić information content (AvgIpc) is 3.14. The van der Waals surface area contributed by atoms with E-state index in [1.165, 1.54) is 12.1 Å². The molecule has 0 unspecified atom stereocenters. The van der Waals surface area contributed by atoms with Gasteiger partial charge >= 0.3 is 0 Å². The Morgan fingerprint density at radius 1 is 1.21 bits per heavy atom. The first-order valence-electron chi connectivity index (χ1n) is 7.31. The van der Waals surface area contributed by atoms with Gasteiger partial charge in [0.2, 0.25) is 0 Å². The Kier molecular flexibility index (Phi) is 4.81. The van der Waals surface area contributed by atoms with Crippen LogP contribution in [-0.4, -0.2) is 27.3 Å². The molecule has 122 valence electrons. The van der Waals surface area contributed by atoms with Crippen LogP contribution in [-0.2, 0) is 11.3 Å². The Hall–Kier alpha value is -3.22. The van der Waals surface area contributed by atoms with E-state index in [0.717, 1.165) is 5.56 Å². The predicted molar refractivity (Wildman–Crippen MR) is 85.1 cm³/mol. The van der Waals surface area contributed by atoms with Crippen LogP contribution in [0.1, 0.15) is 5.56 Å². The molecule has 0 bridgehead atoms. The highest BCUT2D eigenvalue weighted by molar-refractivity contribution is 5.77. The molecule has 0 saturated carbocycles. The van der Waals surface area contributed by atoms with Crippen LogP contribution in [0.2, 0.25) is 0 Å². The SMILES string of the molecule is O=C(COc1ccccc1F)NCc1ccnc(-n2cccn2)c1. The smallest absolute Gasteiger partial charge is 0.258 e. The number of pyridine rings is 1. The number of rotatable bonds is 6. The van der Waals surface area contributed by atoms with E-state index in [9.17, 15) is 9.18 Å². The van der Waals surface area contributed by atoms with E-state index < -0.39 is 5.82 Å². The highest BCUT2D eigenvalue weighted by Gasteiger charge is 2.07. The van der Waals surface area contributed by atoms with Crippen LogP contribution < -0.4 is 10.1 Å². The molecule has 0 aliphatic heterocycles. The predicted octanol–water partition coefficient (Wildman–Crippen LogP) is 2.10. The molecule has 1 aromatic carbocycles. The van der Waals surface area contributed by atoms with Crippen molar-refractivity contribution in [3.05, 3.63) is 72.4 Å². The highest BCUT2D eigenvalue weighted by Crippen LogP contribution is 2.14. The van der Waals surface area contributed by atoms with Crippen LogP contribution in [0.5, 0.6) is 5.75 Å². The molecule has 3 rings (SSSR count). The number of ether oxygens (including phenoxy) is 1. The molecule has 0 aliphatic rings. The molecular formula is C17H15FN4O2. The van der Waals surface area contributed by atoms with Gasteiger partial charge in [-0.2, -0.15) is 5.10 Å². The van der Waals surface area contributed by atoms with Crippen molar-refractivity contribution in [1.29, 1.82) is 0 Å². The van der Waals surface area contributed by atoms with Crippen LogP contribution in [0.15, 0.2) is 61.1 Å². The van der Waals surface area contributed by atoms with E-state index in [4.69, 9.17) is 4.74 Å². The summed E-state index contributed by atoms with van der Waals surface area (Å²) in [6.45, 7) is 0.0638. The van der Waals surface area contributed by atoms with E-state index in [-0.39, 0.29) is 18.3 Å². The van der Waals surface area contributed by atoms with Crippen molar-refractivity contribution in [3.63, 3.8) is 0 Å². The summed E-state index contributed by atoms with van der Waals surface area (Å²) in [5.74, 6) is -0.120. The third kappa shape index (κ3) is 3.95. The summed E-state index contributed by atoms with van der Waals surface area (Å²) in [6, 6.07) is 11.4. The maximum atomic E-state index is 13.4. The van der Waals surface area contributed by atoms with Gasteiger partial charge in [0.1, 0.15) is 0 Å². The van der Waals surface area contributed by atoms with E-state index in [1.54, 1.807) is 47.5 Å². The molecule has 0 atom stereocenters. The first-order chi connectivity index (χ1) is 11.7. The van der Waals surface area contributed by atoms with Gasteiger partial charge in [0.15, 0.2) is 24.0 Å². The number of hydrogen-bond donors (Lipinski definition) is 1. The van der Waals surface area contributed by atoms with Gasteiger partial charge in [0.25, 0.3) is 5.91 Å². The maximum absolute atomic E-state index is 13.4. The van der Waals surface area contributed by atoms with E-state index in [0.29, 0.717) is 12.4 Å². The van der Waals surface area contributed by atoms with Crippen LogP contribution in [0.25, 0.3) is 5.82 Å².